The summed E-state index contributed by atoms with van der Waals surface area (Å²) >= 11 is 0. The SMILES string of the molecule is O=C1/C(=C\c2ccc(N(c3ccccc3)c3ccccc3)cc2)O/C(=N\C2CCCCC2)N1C1CCCCC1. The first kappa shape index (κ1) is 25.4. The van der Waals surface area contributed by atoms with E-state index in [2.05, 4.69) is 77.7 Å². The molecule has 3 aromatic rings. The second-order valence-electron chi connectivity index (χ2n) is 10.9. The highest BCUT2D eigenvalue weighted by Gasteiger charge is 2.40. The van der Waals surface area contributed by atoms with E-state index in [9.17, 15) is 4.79 Å². The number of ether oxygens (including phenoxy) is 1. The molecule has 2 saturated carbocycles. The third-order valence-electron chi connectivity index (χ3n) is 8.12. The Balaban J connectivity index is 1.28. The maximum Gasteiger partial charge on any atom is 0.300 e. The van der Waals surface area contributed by atoms with Crippen molar-refractivity contribution in [2.24, 2.45) is 4.99 Å². The predicted molar refractivity (Wildman–Crippen MR) is 158 cm³/mol. The molecule has 1 heterocycles. The number of amidine groups is 1. The highest BCUT2D eigenvalue weighted by atomic mass is 16.5. The largest absolute Gasteiger partial charge is 0.420 e. The number of nitrogens with zero attached hydrogens (tertiary/aromatic N) is 3. The van der Waals surface area contributed by atoms with Crippen LogP contribution in [-0.4, -0.2) is 28.9 Å². The first-order valence-electron chi connectivity index (χ1n) is 14.6. The normalized spacial score (nSPS) is 20.9. The van der Waals surface area contributed by atoms with Gasteiger partial charge in [-0.3, -0.25) is 9.69 Å². The Labute approximate surface area is 231 Å². The molecule has 0 spiro atoms. The maximum absolute atomic E-state index is 13.6. The van der Waals surface area contributed by atoms with Crippen molar-refractivity contribution in [2.75, 3.05) is 4.90 Å². The van der Waals surface area contributed by atoms with E-state index in [1.165, 1.54) is 25.7 Å². The molecular formula is C34H37N3O2. The van der Waals surface area contributed by atoms with E-state index in [-0.39, 0.29) is 18.0 Å². The lowest BCUT2D eigenvalue weighted by Gasteiger charge is -2.29. The van der Waals surface area contributed by atoms with Crippen molar-refractivity contribution in [3.63, 3.8) is 0 Å². The van der Waals surface area contributed by atoms with E-state index in [4.69, 9.17) is 9.73 Å². The van der Waals surface area contributed by atoms with Gasteiger partial charge < -0.3 is 9.64 Å². The summed E-state index contributed by atoms with van der Waals surface area (Å²) in [5, 5.41) is 0. The van der Waals surface area contributed by atoms with Gasteiger partial charge in [0.2, 0.25) is 0 Å². The van der Waals surface area contributed by atoms with Crippen LogP contribution in [0.4, 0.5) is 17.1 Å². The number of carbonyl (C=O) groups is 1. The van der Waals surface area contributed by atoms with Gasteiger partial charge >= 0.3 is 6.02 Å². The number of amides is 1. The zero-order valence-corrected chi connectivity index (χ0v) is 22.5. The summed E-state index contributed by atoms with van der Waals surface area (Å²) < 4.78 is 6.24. The third-order valence-corrected chi connectivity index (χ3v) is 8.12. The van der Waals surface area contributed by atoms with Crippen molar-refractivity contribution in [1.29, 1.82) is 0 Å². The van der Waals surface area contributed by atoms with Gasteiger partial charge in [0.1, 0.15) is 0 Å². The molecular weight excluding hydrogens is 482 g/mol. The number of hydrogen-bond acceptors (Lipinski definition) is 4. The van der Waals surface area contributed by atoms with Gasteiger partial charge in [0.15, 0.2) is 5.76 Å². The van der Waals surface area contributed by atoms with E-state index in [0.29, 0.717) is 11.8 Å². The maximum atomic E-state index is 13.6. The van der Waals surface area contributed by atoms with Crippen LogP contribution >= 0.6 is 0 Å². The van der Waals surface area contributed by atoms with Crippen molar-refractivity contribution in [1.82, 2.24) is 4.90 Å². The van der Waals surface area contributed by atoms with Crippen LogP contribution in [-0.2, 0) is 9.53 Å². The van der Waals surface area contributed by atoms with Crippen molar-refractivity contribution in [3.8, 4) is 0 Å². The first-order chi connectivity index (χ1) is 19.3. The first-order valence-corrected chi connectivity index (χ1v) is 14.6. The summed E-state index contributed by atoms with van der Waals surface area (Å²) in [6.07, 6.45) is 13.3. The molecule has 1 aliphatic heterocycles. The van der Waals surface area contributed by atoms with Crippen LogP contribution in [0.2, 0.25) is 0 Å². The minimum Gasteiger partial charge on any atom is -0.420 e. The third kappa shape index (κ3) is 5.78. The van der Waals surface area contributed by atoms with E-state index >= 15 is 0 Å². The molecule has 1 amide bonds. The molecule has 0 unspecified atom stereocenters. The summed E-state index contributed by atoms with van der Waals surface area (Å²) in [4.78, 5) is 22.7. The molecule has 6 rings (SSSR count). The standard InChI is InChI=1S/C34H37N3O2/c38-33-32(39-34(35-27-13-5-1-6-14-27)37(33)30-19-11-4-12-20-30)25-26-21-23-31(24-22-26)36(28-15-7-2-8-16-28)29-17-9-3-10-18-29/h2-3,7-10,15-18,21-25,27,30H,1,4-6,11-14,19-20H2/b32-25+,35-34-. The van der Waals surface area contributed by atoms with Gasteiger partial charge in [-0.05, 0) is 73.7 Å². The minimum atomic E-state index is -0.0456. The number of anilines is 3. The summed E-state index contributed by atoms with van der Waals surface area (Å²) in [5.41, 5.74) is 4.17. The highest BCUT2D eigenvalue weighted by Crippen LogP contribution is 2.35. The lowest BCUT2D eigenvalue weighted by Crippen LogP contribution is -2.41. The molecule has 200 valence electrons. The zero-order valence-electron chi connectivity index (χ0n) is 22.5. The van der Waals surface area contributed by atoms with E-state index in [1.54, 1.807) is 0 Å². The fourth-order valence-electron chi connectivity index (χ4n) is 6.08. The van der Waals surface area contributed by atoms with Crippen LogP contribution in [0.1, 0.15) is 69.8 Å². The molecule has 3 aliphatic rings. The number of benzene rings is 3. The summed E-state index contributed by atoms with van der Waals surface area (Å²) in [6.45, 7) is 0. The minimum absolute atomic E-state index is 0.0456. The van der Waals surface area contributed by atoms with Crippen LogP contribution in [0.15, 0.2) is 95.7 Å². The lowest BCUT2D eigenvalue weighted by atomic mass is 9.94. The quantitative estimate of drug-likeness (QED) is 0.307. The molecule has 3 aromatic carbocycles. The summed E-state index contributed by atoms with van der Waals surface area (Å²) in [6, 6.07) is 30.0. The van der Waals surface area contributed by atoms with E-state index < -0.39 is 0 Å². The van der Waals surface area contributed by atoms with Crippen LogP contribution in [0.3, 0.4) is 0 Å². The zero-order chi connectivity index (χ0) is 26.4. The van der Waals surface area contributed by atoms with Gasteiger partial charge in [0.05, 0.1) is 6.04 Å². The van der Waals surface area contributed by atoms with Crippen molar-refractivity contribution in [2.45, 2.75) is 76.3 Å². The van der Waals surface area contributed by atoms with E-state index in [0.717, 1.165) is 61.2 Å². The topological polar surface area (TPSA) is 45.1 Å². The Morgan fingerprint density at radius 3 is 1.82 bits per heavy atom. The molecule has 0 bridgehead atoms. The smallest absolute Gasteiger partial charge is 0.300 e. The number of aliphatic imine (C=N–C) groups is 1. The van der Waals surface area contributed by atoms with Crippen molar-refractivity contribution < 1.29 is 9.53 Å². The fraction of sp³-hybridized carbons (Fsp3) is 0.353. The van der Waals surface area contributed by atoms with Gasteiger partial charge in [0, 0.05) is 23.1 Å². The fourth-order valence-corrected chi connectivity index (χ4v) is 6.08. The Morgan fingerprint density at radius 1 is 0.692 bits per heavy atom. The number of hydrogen-bond donors (Lipinski definition) is 0. The van der Waals surface area contributed by atoms with Crippen LogP contribution in [0, 0.1) is 0 Å². The molecule has 0 N–H and O–H groups in total. The van der Waals surface area contributed by atoms with Gasteiger partial charge in [-0.15, -0.1) is 0 Å². The highest BCUT2D eigenvalue weighted by molar-refractivity contribution is 6.11. The Kier molecular flexibility index (Phi) is 7.75. The molecule has 3 fully saturated rings. The van der Waals surface area contributed by atoms with Crippen LogP contribution < -0.4 is 4.90 Å². The Bertz CT molecular complexity index is 1270. The number of carbonyl (C=O) groups excluding carboxylic acids is 1. The lowest BCUT2D eigenvalue weighted by molar-refractivity contribution is -0.124. The van der Waals surface area contributed by atoms with Crippen molar-refractivity contribution >= 4 is 35.1 Å². The van der Waals surface area contributed by atoms with E-state index in [1.807, 2.05) is 23.1 Å². The average molecular weight is 520 g/mol. The van der Waals surface area contributed by atoms with Crippen LogP contribution in [0.5, 0.6) is 0 Å². The van der Waals surface area contributed by atoms with Gasteiger partial charge in [-0.2, -0.15) is 0 Å². The van der Waals surface area contributed by atoms with Gasteiger partial charge in [-0.1, -0.05) is 87.1 Å². The van der Waals surface area contributed by atoms with Crippen LogP contribution in [0.25, 0.3) is 6.08 Å². The predicted octanol–water partition coefficient (Wildman–Crippen LogP) is 8.38. The van der Waals surface area contributed by atoms with Gasteiger partial charge in [0.25, 0.3) is 5.91 Å². The van der Waals surface area contributed by atoms with Gasteiger partial charge in [-0.25, -0.2) is 4.99 Å². The number of rotatable bonds is 6. The molecule has 1 saturated heterocycles. The monoisotopic (exact) mass is 519 g/mol. The molecule has 0 aromatic heterocycles. The molecule has 5 nitrogen and oxygen atoms in total. The Morgan fingerprint density at radius 2 is 1.23 bits per heavy atom. The average Bonchev–Trinajstić information content (AvgIpc) is 3.30. The van der Waals surface area contributed by atoms with Crippen molar-refractivity contribution in [3.05, 3.63) is 96.3 Å². The second kappa shape index (κ2) is 11.9. The molecule has 0 atom stereocenters. The summed E-state index contributed by atoms with van der Waals surface area (Å²) in [7, 11) is 0. The number of para-hydroxylation sites is 2. The molecule has 2 aliphatic carbocycles. The summed E-state index contributed by atoms with van der Waals surface area (Å²) in [5.74, 6) is 0.335. The second-order valence-corrected chi connectivity index (χ2v) is 10.9. The Hall–Kier alpha value is -3.86. The molecule has 39 heavy (non-hydrogen) atoms. The molecule has 5 heteroatoms. The molecule has 0 radical (unpaired) electrons.